The van der Waals surface area contributed by atoms with Gasteiger partial charge in [0.15, 0.2) is 6.29 Å². The predicted octanol–water partition coefficient (Wildman–Crippen LogP) is 2.10. The van der Waals surface area contributed by atoms with E-state index in [1.807, 2.05) is 19.9 Å². The third-order valence-electron chi connectivity index (χ3n) is 2.84. The van der Waals surface area contributed by atoms with E-state index < -0.39 is 0 Å². The van der Waals surface area contributed by atoms with E-state index in [-0.39, 0.29) is 12.4 Å². The number of rotatable bonds is 5. The molecule has 0 aliphatic carbocycles. The van der Waals surface area contributed by atoms with Crippen molar-refractivity contribution in [1.82, 2.24) is 5.32 Å². The third-order valence-corrected chi connectivity index (χ3v) is 2.84. The minimum Gasteiger partial charge on any atom is -0.353 e. The number of nitrogens with one attached hydrogen (secondary N) is 1. The Morgan fingerprint density at radius 1 is 1.38 bits per heavy atom. The topological polar surface area (TPSA) is 30.5 Å². The Hall–Kier alpha value is -0.900. The molecule has 3 nitrogen and oxygen atoms in total. The maximum atomic E-state index is 5.81. The van der Waals surface area contributed by atoms with Crippen LogP contribution in [0, 0.1) is 0 Å². The molecule has 2 rings (SSSR count). The van der Waals surface area contributed by atoms with E-state index in [0.717, 1.165) is 6.54 Å². The Morgan fingerprint density at radius 2 is 2.12 bits per heavy atom. The van der Waals surface area contributed by atoms with Gasteiger partial charge in [0, 0.05) is 13.2 Å². The second-order valence-electron chi connectivity index (χ2n) is 3.99. The molecule has 1 saturated heterocycles. The van der Waals surface area contributed by atoms with Gasteiger partial charge in [-0.25, -0.2) is 0 Å². The first-order valence-corrected chi connectivity index (χ1v) is 5.86. The van der Waals surface area contributed by atoms with Gasteiger partial charge >= 0.3 is 0 Å². The maximum absolute atomic E-state index is 5.81. The molecule has 1 aliphatic rings. The Bertz CT molecular complexity index is 315. The van der Waals surface area contributed by atoms with Gasteiger partial charge in [0.05, 0.1) is 12.1 Å². The van der Waals surface area contributed by atoms with Crippen molar-refractivity contribution in [3.8, 4) is 0 Å². The number of benzene rings is 1. The fraction of sp³-hybridized carbons (Fsp3) is 0.538. The molecule has 1 N–H and O–H groups in total. The smallest absolute Gasteiger partial charge is 0.155 e. The lowest BCUT2D eigenvalue weighted by Gasteiger charge is -2.39. The average Bonchev–Trinajstić information content (AvgIpc) is 2.26. The van der Waals surface area contributed by atoms with Crippen LogP contribution in [0.2, 0.25) is 0 Å². The number of hydrogen-bond donors (Lipinski definition) is 1. The van der Waals surface area contributed by atoms with Crippen molar-refractivity contribution in [1.29, 1.82) is 0 Å². The van der Waals surface area contributed by atoms with E-state index in [1.165, 1.54) is 5.56 Å². The van der Waals surface area contributed by atoms with Gasteiger partial charge in [-0.2, -0.15) is 0 Å². The maximum Gasteiger partial charge on any atom is 0.155 e. The van der Waals surface area contributed by atoms with Crippen molar-refractivity contribution in [3.63, 3.8) is 0 Å². The molecule has 3 heteroatoms. The van der Waals surface area contributed by atoms with Crippen LogP contribution in [-0.2, 0) is 9.47 Å². The standard InChI is InChI=1S/C13H19NO2/c1-3-15-10(2)16-12-9-14-13(12)11-7-5-4-6-8-11/h4-8,10,12-14H,3,9H2,1-2H3. The zero-order valence-electron chi connectivity index (χ0n) is 9.85. The van der Waals surface area contributed by atoms with E-state index in [0.29, 0.717) is 12.6 Å². The first-order chi connectivity index (χ1) is 7.81. The molecular weight excluding hydrogens is 202 g/mol. The summed E-state index contributed by atoms with van der Waals surface area (Å²) in [5.74, 6) is 0. The molecule has 1 aromatic rings. The summed E-state index contributed by atoms with van der Waals surface area (Å²) in [5, 5.41) is 3.38. The van der Waals surface area contributed by atoms with Crippen LogP contribution in [0.15, 0.2) is 30.3 Å². The number of ether oxygens (including phenoxy) is 2. The molecular formula is C13H19NO2. The summed E-state index contributed by atoms with van der Waals surface area (Å²) in [4.78, 5) is 0. The van der Waals surface area contributed by atoms with E-state index in [2.05, 4.69) is 29.6 Å². The summed E-state index contributed by atoms with van der Waals surface area (Å²) in [5.41, 5.74) is 1.28. The highest BCUT2D eigenvalue weighted by molar-refractivity contribution is 5.22. The Balaban J connectivity index is 1.89. The molecule has 1 aliphatic heterocycles. The second kappa shape index (κ2) is 5.43. The molecule has 1 heterocycles. The van der Waals surface area contributed by atoms with Crippen molar-refractivity contribution >= 4 is 0 Å². The first kappa shape index (κ1) is 11.6. The van der Waals surface area contributed by atoms with Gasteiger partial charge in [-0.05, 0) is 19.4 Å². The molecule has 3 atom stereocenters. The van der Waals surface area contributed by atoms with Crippen molar-refractivity contribution < 1.29 is 9.47 Å². The summed E-state index contributed by atoms with van der Waals surface area (Å²) >= 11 is 0. The highest BCUT2D eigenvalue weighted by Crippen LogP contribution is 2.26. The monoisotopic (exact) mass is 221 g/mol. The zero-order valence-corrected chi connectivity index (χ0v) is 9.85. The van der Waals surface area contributed by atoms with Crippen LogP contribution >= 0.6 is 0 Å². The number of hydrogen-bond acceptors (Lipinski definition) is 3. The van der Waals surface area contributed by atoms with E-state index in [9.17, 15) is 0 Å². The molecule has 0 bridgehead atoms. The van der Waals surface area contributed by atoms with Crippen molar-refractivity contribution in [3.05, 3.63) is 35.9 Å². The summed E-state index contributed by atoms with van der Waals surface area (Å²) in [6, 6.07) is 10.7. The normalized spacial score (nSPS) is 26.1. The fourth-order valence-corrected chi connectivity index (χ4v) is 1.97. The molecule has 0 radical (unpaired) electrons. The minimum absolute atomic E-state index is 0.122. The van der Waals surface area contributed by atoms with Gasteiger partial charge in [-0.3, -0.25) is 0 Å². The molecule has 0 saturated carbocycles. The van der Waals surface area contributed by atoms with Crippen LogP contribution in [0.3, 0.4) is 0 Å². The van der Waals surface area contributed by atoms with Gasteiger partial charge in [0.1, 0.15) is 0 Å². The molecule has 16 heavy (non-hydrogen) atoms. The van der Waals surface area contributed by atoms with Crippen LogP contribution in [0.25, 0.3) is 0 Å². The van der Waals surface area contributed by atoms with Crippen LogP contribution < -0.4 is 5.32 Å². The summed E-state index contributed by atoms with van der Waals surface area (Å²) in [6.45, 7) is 5.52. The summed E-state index contributed by atoms with van der Waals surface area (Å²) in [6.07, 6.45) is 0.104. The Kier molecular flexibility index (Phi) is 3.93. The van der Waals surface area contributed by atoms with Crippen LogP contribution in [0.5, 0.6) is 0 Å². The third kappa shape index (κ3) is 2.61. The lowest BCUT2D eigenvalue weighted by molar-refractivity contribution is -0.180. The molecule has 1 aromatic carbocycles. The fourth-order valence-electron chi connectivity index (χ4n) is 1.97. The van der Waals surface area contributed by atoms with Gasteiger partial charge in [-0.15, -0.1) is 0 Å². The summed E-state index contributed by atoms with van der Waals surface area (Å²) in [7, 11) is 0. The molecule has 0 amide bonds. The lowest BCUT2D eigenvalue weighted by Crippen LogP contribution is -2.52. The lowest BCUT2D eigenvalue weighted by atomic mass is 9.95. The average molecular weight is 221 g/mol. The van der Waals surface area contributed by atoms with Gasteiger partial charge < -0.3 is 14.8 Å². The van der Waals surface area contributed by atoms with Gasteiger partial charge in [-0.1, -0.05) is 30.3 Å². The van der Waals surface area contributed by atoms with Gasteiger partial charge in [0.25, 0.3) is 0 Å². The van der Waals surface area contributed by atoms with Gasteiger partial charge in [0.2, 0.25) is 0 Å². The van der Waals surface area contributed by atoms with Crippen LogP contribution in [0.1, 0.15) is 25.5 Å². The second-order valence-corrected chi connectivity index (χ2v) is 3.99. The molecule has 3 unspecified atom stereocenters. The van der Waals surface area contributed by atoms with Crippen molar-refractivity contribution in [2.24, 2.45) is 0 Å². The molecule has 0 spiro atoms. The Morgan fingerprint density at radius 3 is 2.69 bits per heavy atom. The van der Waals surface area contributed by atoms with Crippen LogP contribution in [0.4, 0.5) is 0 Å². The molecule has 1 fully saturated rings. The van der Waals surface area contributed by atoms with Crippen LogP contribution in [-0.4, -0.2) is 25.5 Å². The Labute approximate surface area is 96.8 Å². The molecule has 0 aromatic heterocycles. The quantitative estimate of drug-likeness (QED) is 0.772. The SMILES string of the molecule is CCOC(C)OC1CNC1c1ccccc1. The molecule has 88 valence electrons. The van der Waals surface area contributed by atoms with Crippen molar-refractivity contribution in [2.45, 2.75) is 32.3 Å². The highest BCUT2D eigenvalue weighted by Gasteiger charge is 2.33. The first-order valence-electron chi connectivity index (χ1n) is 5.86. The zero-order chi connectivity index (χ0) is 11.4. The predicted molar refractivity (Wildman–Crippen MR) is 63.1 cm³/mol. The van der Waals surface area contributed by atoms with E-state index in [1.54, 1.807) is 0 Å². The van der Waals surface area contributed by atoms with E-state index in [4.69, 9.17) is 9.47 Å². The van der Waals surface area contributed by atoms with Crippen molar-refractivity contribution in [2.75, 3.05) is 13.2 Å². The largest absolute Gasteiger partial charge is 0.353 e. The van der Waals surface area contributed by atoms with E-state index >= 15 is 0 Å². The minimum atomic E-state index is -0.122. The highest BCUT2D eigenvalue weighted by atomic mass is 16.7. The summed E-state index contributed by atoms with van der Waals surface area (Å²) < 4.78 is 11.2.